The SMILES string of the molecule is CCOc1ncccc1C1(OC(=O)N2CCN(C3CCN(C)CC3)CC2)C(=O)N(S(=O)(=O)c2ccccc2)c2cc(F)c(F)cc21. The summed E-state index contributed by atoms with van der Waals surface area (Å²) in [5.41, 5.74) is -3.56. The van der Waals surface area contributed by atoms with Gasteiger partial charge in [-0.15, -0.1) is 0 Å². The summed E-state index contributed by atoms with van der Waals surface area (Å²) >= 11 is 0. The summed E-state index contributed by atoms with van der Waals surface area (Å²) in [5, 5.41) is 0. The number of nitrogens with zero attached hydrogens (tertiary/aromatic N) is 5. The first-order valence-corrected chi connectivity index (χ1v) is 16.6. The van der Waals surface area contributed by atoms with Gasteiger partial charge in [0.15, 0.2) is 11.6 Å². The number of benzene rings is 2. The molecule has 4 heterocycles. The number of piperazine rings is 1. The van der Waals surface area contributed by atoms with Crippen molar-refractivity contribution in [2.75, 3.05) is 57.2 Å². The van der Waals surface area contributed by atoms with Crippen LogP contribution in [0.1, 0.15) is 30.9 Å². The Kier molecular flexibility index (Phi) is 8.70. The van der Waals surface area contributed by atoms with E-state index in [0.717, 1.165) is 25.9 Å². The predicted octanol–water partition coefficient (Wildman–Crippen LogP) is 3.59. The molecule has 2 fully saturated rings. The molecule has 0 radical (unpaired) electrons. The van der Waals surface area contributed by atoms with Gasteiger partial charge in [0, 0.05) is 50.0 Å². The van der Waals surface area contributed by atoms with E-state index in [2.05, 4.69) is 21.8 Å². The Labute approximate surface area is 266 Å². The van der Waals surface area contributed by atoms with E-state index in [9.17, 15) is 22.4 Å². The van der Waals surface area contributed by atoms with Gasteiger partial charge in [0.2, 0.25) is 5.88 Å². The van der Waals surface area contributed by atoms with Crippen LogP contribution in [0.2, 0.25) is 0 Å². The summed E-state index contributed by atoms with van der Waals surface area (Å²) in [6.45, 7) is 5.48. The van der Waals surface area contributed by atoms with Gasteiger partial charge in [-0.05, 0) is 70.2 Å². The first kappa shape index (κ1) is 31.8. The van der Waals surface area contributed by atoms with Gasteiger partial charge in [0.1, 0.15) is 0 Å². The lowest BCUT2D eigenvalue weighted by Crippen LogP contribution is -2.55. The average molecular weight is 656 g/mol. The van der Waals surface area contributed by atoms with E-state index in [1.807, 2.05) is 0 Å². The number of likely N-dealkylation sites (tertiary alicyclic amines) is 1. The van der Waals surface area contributed by atoms with Crippen LogP contribution in [0.25, 0.3) is 0 Å². The van der Waals surface area contributed by atoms with Crippen molar-refractivity contribution in [1.29, 1.82) is 0 Å². The van der Waals surface area contributed by atoms with Crippen LogP contribution in [0, 0.1) is 11.6 Å². The Balaban J connectivity index is 1.43. The van der Waals surface area contributed by atoms with Gasteiger partial charge in [-0.1, -0.05) is 18.2 Å². The smallest absolute Gasteiger partial charge is 0.411 e. The molecular formula is C32H35F2N5O6S. The first-order chi connectivity index (χ1) is 22.1. The molecule has 46 heavy (non-hydrogen) atoms. The van der Waals surface area contributed by atoms with E-state index < -0.39 is 44.9 Å². The van der Waals surface area contributed by atoms with Crippen LogP contribution in [0.15, 0.2) is 65.7 Å². The summed E-state index contributed by atoms with van der Waals surface area (Å²) < 4.78 is 70.0. The van der Waals surface area contributed by atoms with Crippen LogP contribution in [0.4, 0.5) is 19.3 Å². The van der Waals surface area contributed by atoms with Gasteiger partial charge in [0.25, 0.3) is 21.5 Å². The van der Waals surface area contributed by atoms with E-state index in [-0.39, 0.29) is 41.6 Å². The topological polar surface area (TPSA) is 113 Å². The van der Waals surface area contributed by atoms with Crippen molar-refractivity contribution in [2.24, 2.45) is 0 Å². The molecule has 0 N–H and O–H groups in total. The van der Waals surface area contributed by atoms with Crippen LogP contribution in [-0.4, -0.2) is 99.1 Å². The van der Waals surface area contributed by atoms with Crippen LogP contribution < -0.4 is 9.04 Å². The molecule has 2 saturated heterocycles. The molecule has 1 aromatic heterocycles. The highest BCUT2D eigenvalue weighted by Gasteiger charge is 2.61. The second-order valence-electron chi connectivity index (χ2n) is 11.6. The number of ether oxygens (including phenoxy) is 2. The summed E-state index contributed by atoms with van der Waals surface area (Å²) in [7, 11) is -2.61. The number of carbonyl (C=O) groups is 2. The fourth-order valence-electron chi connectivity index (χ4n) is 6.44. The van der Waals surface area contributed by atoms with E-state index in [1.54, 1.807) is 13.0 Å². The fraction of sp³-hybridized carbons (Fsp3) is 0.406. The fourth-order valence-corrected chi connectivity index (χ4v) is 7.91. The molecule has 6 rings (SSSR count). The summed E-state index contributed by atoms with van der Waals surface area (Å²) in [4.78, 5) is 38.7. The van der Waals surface area contributed by atoms with Crippen molar-refractivity contribution in [3.8, 4) is 5.88 Å². The Bertz CT molecular complexity index is 1730. The highest BCUT2D eigenvalue weighted by atomic mass is 32.2. The van der Waals surface area contributed by atoms with Crippen molar-refractivity contribution < 1.29 is 36.3 Å². The lowest BCUT2D eigenvalue weighted by atomic mass is 9.87. The maximum Gasteiger partial charge on any atom is 0.411 e. The Hall–Kier alpha value is -4.14. The van der Waals surface area contributed by atoms with Crippen LogP contribution >= 0.6 is 0 Å². The average Bonchev–Trinajstić information content (AvgIpc) is 3.29. The molecule has 2 amide bonds. The molecule has 3 aliphatic heterocycles. The molecule has 2 aromatic carbocycles. The van der Waals surface area contributed by atoms with E-state index in [0.29, 0.717) is 35.6 Å². The van der Waals surface area contributed by atoms with E-state index in [4.69, 9.17) is 9.47 Å². The summed E-state index contributed by atoms with van der Waals surface area (Å²) in [6.07, 6.45) is 2.50. The molecular weight excluding hydrogens is 620 g/mol. The van der Waals surface area contributed by atoms with Crippen molar-refractivity contribution in [3.05, 3.63) is 83.6 Å². The Morgan fingerprint density at radius 1 is 0.957 bits per heavy atom. The standard InChI is InChI=1S/C32H35F2N5O6S/c1-3-44-29-24(10-7-13-35-29)32(45-31(41)38-18-16-37(17-19-38)22-11-14-36(2)15-12-22)25-20-26(33)27(34)21-28(25)39(30(32)40)46(42,43)23-8-5-4-6-9-23/h4-10,13,20-22H,3,11-12,14-19H2,1-2H3. The number of sulfonamides is 1. The maximum absolute atomic E-state index is 15.0. The lowest BCUT2D eigenvalue weighted by Gasteiger charge is -2.42. The number of piperidine rings is 1. The molecule has 0 aliphatic carbocycles. The third kappa shape index (κ3) is 5.47. The zero-order valence-electron chi connectivity index (χ0n) is 25.6. The molecule has 1 atom stereocenters. The van der Waals surface area contributed by atoms with E-state index in [1.165, 1.54) is 47.5 Å². The van der Waals surface area contributed by atoms with Gasteiger partial charge in [-0.3, -0.25) is 9.69 Å². The zero-order valence-corrected chi connectivity index (χ0v) is 26.4. The largest absolute Gasteiger partial charge is 0.478 e. The molecule has 0 saturated carbocycles. The Morgan fingerprint density at radius 3 is 2.30 bits per heavy atom. The number of amides is 2. The van der Waals surface area contributed by atoms with Gasteiger partial charge < -0.3 is 19.3 Å². The molecule has 0 spiro atoms. The quantitative estimate of drug-likeness (QED) is 0.377. The third-order valence-corrected chi connectivity index (χ3v) is 10.6. The number of hydrogen-bond acceptors (Lipinski definition) is 9. The maximum atomic E-state index is 15.0. The van der Waals surface area contributed by atoms with Gasteiger partial charge >= 0.3 is 6.09 Å². The number of halogens is 2. The minimum absolute atomic E-state index is 0.0951. The number of rotatable bonds is 7. The van der Waals surface area contributed by atoms with E-state index >= 15 is 4.39 Å². The number of pyridine rings is 1. The second kappa shape index (κ2) is 12.6. The third-order valence-electron chi connectivity index (χ3n) is 8.85. The number of carbonyl (C=O) groups excluding carboxylic acids is 2. The normalized spacial score (nSPS) is 21.3. The predicted molar refractivity (Wildman–Crippen MR) is 164 cm³/mol. The molecule has 244 valence electrons. The lowest BCUT2D eigenvalue weighted by molar-refractivity contribution is -0.132. The second-order valence-corrected chi connectivity index (χ2v) is 13.4. The highest BCUT2D eigenvalue weighted by Crippen LogP contribution is 2.51. The molecule has 1 unspecified atom stereocenters. The zero-order chi connectivity index (χ0) is 32.6. The van der Waals surface area contributed by atoms with Gasteiger partial charge in [-0.25, -0.2) is 27.0 Å². The summed E-state index contributed by atoms with van der Waals surface area (Å²) in [6, 6.07) is 11.6. The number of hydrogen-bond donors (Lipinski definition) is 0. The molecule has 0 bridgehead atoms. The molecule has 14 heteroatoms. The number of aromatic nitrogens is 1. The monoisotopic (exact) mass is 655 g/mol. The highest BCUT2D eigenvalue weighted by molar-refractivity contribution is 7.93. The molecule has 3 aliphatic rings. The summed E-state index contributed by atoms with van der Waals surface area (Å²) in [5.74, 6) is -4.14. The van der Waals surface area contributed by atoms with Crippen LogP contribution in [0.5, 0.6) is 5.88 Å². The van der Waals surface area contributed by atoms with Crippen molar-refractivity contribution in [1.82, 2.24) is 19.7 Å². The number of fused-ring (bicyclic) bond motifs is 1. The van der Waals surface area contributed by atoms with Crippen molar-refractivity contribution in [3.63, 3.8) is 0 Å². The Morgan fingerprint density at radius 2 is 1.63 bits per heavy atom. The molecule has 11 nitrogen and oxygen atoms in total. The minimum atomic E-state index is -4.70. The van der Waals surface area contributed by atoms with Crippen LogP contribution in [0.3, 0.4) is 0 Å². The molecule has 3 aromatic rings. The van der Waals surface area contributed by atoms with Crippen molar-refractivity contribution >= 4 is 27.7 Å². The number of anilines is 1. The van der Waals surface area contributed by atoms with Crippen LogP contribution in [-0.2, 0) is 25.2 Å². The minimum Gasteiger partial charge on any atom is -0.478 e. The van der Waals surface area contributed by atoms with Gasteiger partial charge in [-0.2, -0.15) is 4.31 Å². The van der Waals surface area contributed by atoms with Gasteiger partial charge in [0.05, 0.1) is 22.8 Å². The van der Waals surface area contributed by atoms with Crippen molar-refractivity contribution in [2.45, 2.75) is 36.3 Å². The first-order valence-electron chi connectivity index (χ1n) is 15.2.